The highest BCUT2D eigenvalue weighted by Crippen LogP contribution is 2.52. The monoisotopic (exact) mass is 452 g/mol. The summed E-state index contributed by atoms with van der Waals surface area (Å²) in [4.78, 5) is 35.8. The standard InChI is InChI=1S/C27H32O6/c1-5-6-9-17(2)22(29)15-14-20-23(32-18(3)28)16-24-26(20)21-12-7-10-19(27(21)33-24)11-8-13-25(30)31-4/h7,10,12,14,17,23-24,26H,8-9,11,13,15-16H2,1-4H3/t17?,23-,24+,26?/m1/s1. The van der Waals surface area contributed by atoms with Crippen LogP contribution in [0.4, 0.5) is 0 Å². The predicted octanol–water partition coefficient (Wildman–Crippen LogP) is 4.30. The molecule has 4 atom stereocenters. The van der Waals surface area contributed by atoms with Crippen molar-refractivity contribution in [3.63, 3.8) is 0 Å². The van der Waals surface area contributed by atoms with Crippen molar-refractivity contribution in [3.8, 4) is 17.6 Å². The largest absolute Gasteiger partial charge is 0.489 e. The van der Waals surface area contributed by atoms with Crippen LogP contribution in [0.15, 0.2) is 29.8 Å². The average Bonchev–Trinajstić information content (AvgIpc) is 3.31. The van der Waals surface area contributed by atoms with Crippen LogP contribution in [0.3, 0.4) is 0 Å². The number of hydrogen-bond acceptors (Lipinski definition) is 6. The molecule has 0 spiro atoms. The van der Waals surface area contributed by atoms with Gasteiger partial charge in [-0.1, -0.05) is 31.2 Å². The molecule has 0 N–H and O–H groups in total. The van der Waals surface area contributed by atoms with Crippen molar-refractivity contribution in [1.29, 1.82) is 0 Å². The zero-order chi connectivity index (χ0) is 24.0. The molecule has 2 aliphatic rings. The molecule has 1 aliphatic carbocycles. The number of para-hydroxylation sites is 1. The Morgan fingerprint density at radius 2 is 2.09 bits per heavy atom. The SMILES string of the molecule is CC#CCC(C)C(=O)CC=C1C2c3cccc(CCCC(=O)OC)c3O[C@H]2C[C@H]1OC(C)=O. The second-order valence-corrected chi connectivity index (χ2v) is 8.64. The van der Waals surface area contributed by atoms with Gasteiger partial charge in [-0.2, -0.15) is 0 Å². The number of esters is 2. The van der Waals surface area contributed by atoms with Crippen LogP contribution in [0, 0.1) is 17.8 Å². The first-order valence-corrected chi connectivity index (χ1v) is 11.5. The van der Waals surface area contributed by atoms with Crippen molar-refractivity contribution >= 4 is 17.7 Å². The van der Waals surface area contributed by atoms with Gasteiger partial charge in [0, 0.05) is 50.0 Å². The maximum absolute atomic E-state index is 12.6. The van der Waals surface area contributed by atoms with E-state index in [1.807, 2.05) is 31.2 Å². The normalized spacial score (nSPS) is 22.4. The van der Waals surface area contributed by atoms with Gasteiger partial charge in [-0.3, -0.25) is 14.4 Å². The minimum atomic E-state index is -0.396. The highest BCUT2D eigenvalue weighted by Gasteiger charge is 2.48. The van der Waals surface area contributed by atoms with Crippen molar-refractivity contribution in [3.05, 3.63) is 41.0 Å². The van der Waals surface area contributed by atoms with E-state index < -0.39 is 6.10 Å². The number of allylic oxidation sites excluding steroid dienone is 1. The van der Waals surface area contributed by atoms with E-state index in [0.717, 1.165) is 22.4 Å². The fourth-order valence-corrected chi connectivity index (χ4v) is 4.62. The van der Waals surface area contributed by atoms with E-state index >= 15 is 0 Å². The number of hydrogen-bond donors (Lipinski definition) is 0. The van der Waals surface area contributed by atoms with E-state index in [0.29, 0.717) is 32.1 Å². The zero-order valence-corrected chi connectivity index (χ0v) is 19.8. The Kier molecular flexibility index (Phi) is 8.32. The fraction of sp³-hybridized carbons (Fsp3) is 0.519. The Morgan fingerprint density at radius 3 is 2.79 bits per heavy atom. The van der Waals surface area contributed by atoms with Crippen molar-refractivity contribution in [2.24, 2.45) is 5.92 Å². The Morgan fingerprint density at radius 1 is 1.30 bits per heavy atom. The minimum absolute atomic E-state index is 0.0524. The Balaban J connectivity index is 1.82. The van der Waals surface area contributed by atoms with Crippen molar-refractivity contribution in [2.45, 2.75) is 77.4 Å². The number of benzene rings is 1. The third kappa shape index (κ3) is 5.84. The van der Waals surface area contributed by atoms with Gasteiger partial charge in [0.2, 0.25) is 0 Å². The van der Waals surface area contributed by atoms with Crippen molar-refractivity contribution in [2.75, 3.05) is 7.11 Å². The van der Waals surface area contributed by atoms with Crippen molar-refractivity contribution < 1.29 is 28.6 Å². The van der Waals surface area contributed by atoms with Gasteiger partial charge >= 0.3 is 11.9 Å². The molecule has 1 fully saturated rings. The quantitative estimate of drug-likeness (QED) is 0.316. The highest BCUT2D eigenvalue weighted by atomic mass is 16.5. The molecule has 1 saturated carbocycles. The van der Waals surface area contributed by atoms with Crippen LogP contribution in [0.25, 0.3) is 0 Å². The molecule has 0 bridgehead atoms. The maximum Gasteiger partial charge on any atom is 0.305 e. The Labute approximate surface area is 195 Å². The summed E-state index contributed by atoms with van der Waals surface area (Å²) in [5, 5.41) is 0. The van der Waals surface area contributed by atoms with E-state index in [2.05, 4.69) is 11.8 Å². The minimum Gasteiger partial charge on any atom is -0.489 e. The van der Waals surface area contributed by atoms with Crippen LogP contribution in [0.2, 0.25) is 0 Å². The lowest BCUT2D eigenvalue weighted by molar-refractivity contribution is -0.144. The van der Waals surface area contributed by atoms with Gasteiger partial charge in [0.05, 0.1) is 7.11 Å². The van der Waals surface area contributed by atoms with E-state index in [9.17, 15) is 14.4 Å². The molecule has 0 amide bonds. The number of methoxy groups -OCH3 is 1. The highest BCUT2D eigenvalue weighted by molar-refractivity contribution is 5.82. The molecule has 0 saturated heterocycles. The summed E-state index contributed by atoms with van der Waals surface area (Å²) in [6.07, 6.45) is 4.50. The molecule has 1 heterocycles. The topological polar surface area (TPSA) is 78.9 Å². The van der Waals surface area contributed by atoms with E-state index in [1.54, 1.807) is 6.92 Å². The van der Waals surface area contributed by atoms with Gasteiger partial charge in [-0.15, -0.1) is 11.8 Å². The molecule has 1 aliphatic heterocycles. The van der Waals surface area contributed by atoms with Crippen LogP contribution < -0.4 is 4.74 Å². The molecular weight excluding hydrogens is 420 g/mol. The third-order valence-electron chi connectivity index (χ3n) is 6.32. The van der Waals surface area contributed by atoms with Gasteiger partial charge < -0.3 is 14.2 Å². The second-order valence-electron chi connectivity index (χ2n) is 8.64. The predicted molar refractivity (Wildman–Crippen MR) is 124 cm³/mol. The molecule has 6 nitrogen and oxygen atoms in total. The molecule has 3 rings (SSSR count). The number of fused-ring (bicyclic) bond motifs is 3. The fourth-order valence-electron chi connectivity index (χ4n) is 4.62. The molecule has 176 valence electrons. The first kappa shape index (κ1) is 24.6. The molecular formula is C27H32O6. The molecule has 0 radical (unpaired) electrons. The van der Waals surface area contributed by atoms with Gasteiger partial charge in [-0.05, 0) is 30.9 Å². The summed E-state index contributed by atoms with van der Waals surface area (Å²) < 4.78 is 16.7. The van der Waals surface area contributed by atoms with Gasteiger partial charge in [0.25, 0.3) is 0 Å². The molecule has 2 unspecified atom stereocenters. The lowest BCUT2D eigenvalue weighted by Gasteiger charge is -2.17. The molecule has 6 heteroatoms. The summed E-state index contributed by atoms with van der Waals surface area (Å²) in [7, 11) is 1.39. The second kappa shape index (κ2) is 11.2. The van der Waals surface area contributed by atoms with Crippen LogP contribution >= 0.6 is 0 Å². The van der Waals surface area contributed by atoms with Gasteiger partial charge in [0.1, 0.15) is 23.7 Å². The summed E-state index contributed by atoms with van der Waals surface area (Å²) in [5.41, 5.74) is 3.04. The molecule has 33 heavy (non-hydrogen) atoms. The number of ether oxygens (including phenoxy) is 3. The number of carbonyl (C=O) groups excluding carboxylic acids is 3. The maximum atomic E-state index is 12.6. The van der Waals surface area contributed by atoms with Crippen molar-refractivity contribution in [1.82, 2.24) is 0 Å². The van der Waals surface area contributed by atoms with E-state index in [4.69, 9.17) is 14.2 Å². The molecule has 1 aromatic carbocycles. The van der Waals surface area contributed by atoms with Crippen LogP contribution in [0.1, 0.15) is 69.9 Å². The average molecular weight is 453 g/mol. The number of rotatable bonds is 9. The van der Waals surface area contributed by atoms with Gasteiger partial charge in [-0.25, -0.2) is 0 Å². The lowest BCUT2D eigenvalue weighted by Crippen LogP contribution is -2.18. The van der Waals surface area contributed by atoms with Crippen LogP contribution in [-0.2, 0) is 30.3 Å². The zero-order valence-electron chi connectivity index (χ0n) is 19.8. The lowest BCUT2D eigenvalue weighted by atomic mass is 9.89. The first-order chi connectivity index (χ1) is 15.8. The number of carbonyl (C=O) groups is 3. The molecule has 1 aromatic rings. The van der Waals surface area contributed by atoms with Gasteiger partial charge in [0.15, 0.2) is 0 Å². The summed E-state index contributed by atoms with van der Waals surface area (Å²) in [5.74, 6) is 6.00. The van der Waals surface area contributed by atoms with Crippen LogP contribution in [0.5, 0.6) is 5.75 Å². The smallest absolute Gasteiger partial charge is 0.305 e. The van der Waals surface area contributed by atoms with E-state index in [1.165, 1.54) is 14.0 Å². The third-order valence-corrected chi connectivity index (χ3v) is 6.32. The Hall–Kier alpha value is -3.07. The number of aryl methyl sites for hydroxylation is 1. The first-order valence-electron chi connectivity index (χ1n) is 11.5. The number of ketones is 1. The number of Topliss-reactive ketones (excluding diaryl/α,β-unsaturated/α-hetero) is 1. The Bertz CT molecular complexity index is 996. The van der Waals surface area contributed by atoms with Crippen LogP contribution in [-0.4, -0.2) is 37.0 Å². The summed E-state index contributed by atoms with van der Waals surface area (Å²) in [6, 6.07) is 6.05. The van der Waals surface area contributed by atoms with E-state index in [-0.39, 0.29) is 42.1 Å². The molecule has 0 aromatic heterocycles. The summed E-state index contributed by atoms with van der Waals surface area (Å²) in [6.45, 7) is 5.06. The summed E-state index contributed by atoms with van der Waals surface area (Å²) >= 11 is 0.